The molecule has 0 aromatic rings. The molecule has 11 nitrogen and oxygen atoms in total. The Kier molecular flexibility index (Phi) is 88.8. The van der Waals surface area contributed by atoms with Gasteiger partial charge in [0.15, 0.2) is 0 Å². The van der Waals surface area contributed by atoms with E-state index in [1.54, 1.807) is 27.8 Å². The third kappa shape index (κ3) is 143. The molecule has 0 aliphatic rings. The zero-order valence-electron chi connectivity index (χ0n) is 34.4. The monoisotopic (exact) mass is 696 g/mol. The van der Waals surface area contributed by atoms with Gasteiger partial charge in [-0.05, 0) is 52.9 Å². The number of carbonyl (C=O) groups excluding carboxylic acids is 6. The van der Waals surface area contributed by atoms with Crippen LogP contribution in [0.15, 0.2) is 0 Å². The van der Waals surface area contributed by atoms with Gasteiger partial charge in [0.2, 0.25) is 17.7 Å². The second-order valence-electron chi connectivity index (χ2n) is 9.66. The molecule has 0 radical (unpaired) electrons. The van der Waals surface area contributed by atoms with Crippen LogP contribution in [0.1, 0.15) is 162 Å². The summed E-state index contributed by atoms with van der Waals surface area (Å²) in [6, 6.07) is 0. The Morgan fingerprint density at radius 1 is 0.458 bits per heavy atom. The van der Waals surface area contributed by atoms with Crippen molar-refractivity contribution in [2.45, 2.75) is 162 Å². The first-order valence-electron chi connectivity index (χ1n) is 17.9. The lowest BCUT2D eigenvalue weighted by Crippen LogP contribution is -2.24. The molecule has 3 amide bonds. The van der Waals surface area contributed by atoms with E-state index in [0.717, 1.165) is 71.3 Å². The minimum Gasteiger partial charge on any atom is -0.381 e. The van der Waals surface area contributed by atoms with Crippen LogP contribution in [0.2, 0.25) is 0 Å². The second-order valence-corrected chi connectivity index (χ2v) is 9.66. The standard InChI is InChI=1S/C8H16O2.C7H15NO2.C6H12O.C5H11NO.C4H8O.C3H7NO.2C2H6/c1-3-6-10-7-4-5-8(2)9;1-3-5-10-6-4-8-7(2)9;1-3-4-5-6(2)7;1-3-4-6-5(2)7;1-3-4(2)5;1-3(5)4-2;2*1-2/h3-7H2,1-2H3;3-6H2,1-2H3,(H,8,9);3-5H2,1-2H3;3-4H2,1-2H3,(H,6,7);3H2,1-2H3;1-2H3,(H,4,5);2*1-2H3. The zero-order valence-corrected chi connectivity index (χ0v) is 34.4. The van der Waals surface area contributed by atoms with Gasteiger partial charge in [0.05, 0.1) is 6.61 Å². The van der Waals surface area contributed by atoms with Gasteiger partial charge in [-0.3, -0.25) is 14.4 Å². The fourth-order valence-corrected chi connectivity index (χ4v) is 1.94. The second kappa shape index (κ2) is 66.7. The third-order valence-corrected chi connectivity index (χ3v) is 4.49. The van der Waals surface area contributed by atoms with Crippen LogP contribution in [0.5, 0.6) is 0 Å². The molecule has 0 aliphatic heterocycles. The molecule has 0 saturated heterocycles. The number of unbranched alkanes of at least 4 members (excludes halogenated alkanes) is 1. The molecule has 0 aromatic heterocycles. The van der Waals surface area contributed by atoms with E-state index in [0.29, 0.717) is 31.8 Å². The van der Waals surface area contributed by atoms with Crippen LogP contribution in [0.4, 0.5) is 0 Å². The van der Waals surface area contributed by atoms with Crippen molar-refractivity contribution in [1.82, 2.24) is 16.0 Å². The first-order valence-corrected chi connectivity index (χ1v) is 17.9. The highest BCUT2D eigenvalue weighted by Gasteiger charge is 1.92. The molecule has 0 atom stereocenters. The topological polar surface area (TPSA) is 157 Å². The van der Waals surface area contributed by atoms with Crippen LogP contribution in [0.25, 0.3) is 0 Å². The van der Waals surface area contributed by atoms with Crippen molar-refractivity contribution >= 4 is 35.1 Å². The average Bonchev–Trinajstić information content (AvgIpc) is 3.05. The molecule has 0 saturated carbocycles. The van der Waals surface area contributed by atoms with Gasteiger partial charge in [0.1, 0.15) is 17.3 Å². The molecule has 3 N–H and O–H groups in total. The number of hydrogen-bond donors (Lipinski definition) is 3. The van der Waals surface area contributed by atoms with Gasteiger partial charge in [-0.2, -0.15) is 0 Å². The highest BCUT2D eigenvalue weighted by atomic mass is 16.5. The molecule has 0 aromatic carbocycles. The van der Waals surface area contributed by atoms with Crippen molar-refractivity contribution < 1.29 is 38.2 Å². The number of amides is 3. The molecule has 0 unspecified atom stereocenters. The van der Waals surface area contributed by atoms with Crippen LogP contribution in [-0.2, 0) is 38.2 Å². The van der Waals surface area contributed by atoms with Crippen molar-refractivity contribution in [2.75, 3.05) is 46.6 Å². The smallest absolute Gasteiger partial charge is 0.216 e. The zero-order chi connectivity index (χ0) is 39.6. The fourth-order valence-electron chi connectivity index (χ4n) is 1.94. The van der Waals surface area contributed by atoms with E-state index in [2.05, 4.69) is 36.7 Å². The maximum Gasteiger partial charge on any atom is 0.216 e. The average molecular weight is 696 g/mol. The maximum absolute atomic E-state index is 10.4. The van der Waals surface area contributed by atoms with E-state index in [1.807, 2.05) is 41.5 Å². The number of nitrogens with one attached hydrogen (secondary N) is 3. The molecule has 0 bridgehead atoms. The summed E-state index contributed by atoms with van der Waals surface area (Å²) in [6.45, 7) is 31.8. The van der Waals surface area contributed by atoms with Gasteiger partial charge in [-0.15, -0.1) is 0 Å². The highest BCUT2D eigenvalue weighted by Crippen LogP contribution is 1.93. The Hall–Kier alpha value is -2.66. The molecular weight excluding hydrogens is 614 g/mol. The number of ketones is 3. The largest absolute Gasteiger partial charge is 0.381 e. The van der Waals surface area contributed by atoms with Crippen molar-refractivity contribution in [3.05, 3.63) is 0 Å². The fraction of sp³-hybridized carbons (Fsp3) is 0.838. The van der Waals surface area contributed by atoms with Gasteiger partial charge >= 0.3 is 0 Å². The summed E-state index contributed by atoms with van der Waals surface area (Å²) in [4.78, 5) is 60.5. The first kappa shape index (κ1) is 63.9. The minimum atomic E-state index is 0.0000912. The van der Waals surface area contributed by atoms with Crippen molar-refractivity contribution in [2.24, 2.45) is 0 Å². The van der Waals surface area contributed by atoms with E-state index >= 15 is 0 Å². The van der Waals surface area contributed by atoms with Crippen LogP contribution in [0.3, 0.4) is 0 Å². The van der Waals surface area contributed by atoms with Gasteiger partial charge < -0.3 is 39.8 Å². The Bertz CT molecular complexity index is 617. The molecular formula is C37H81N3O8. The summed E-state index contributed by atoms with van der Waals surface area (Å²) in [5.41, 5.74) is 0. The summed E-state index contributed by atoms with van der Waals surface area (Å²) in [5, 5.41) is 7.69. The van der Waals surface area contributed by atoms with Crippen LogP contribution in [0, 0.1) is 0 Å². The summed E-state index contributed by atoms with van der Waals surface area (Å²) in [5.74, 6) is 0.874. The Balaban J connectivity index is -0.0000000664. The molecule has 292 valence electrons. The van der Waals surface area contributed by atoms with Crippen molar-refractivity contribution in [3.8, 4) is 0 Å². The molecule has 0 heterocycles. The minimum absolute atomic E-state index is 0.0000912. The first-order chi connectivity index (χ1) is 22.6. The predicted octanol–water partition coefficient (Wildman–Crippen LogP) is 7.42. The number of carbonyl (C=O) groups is 6. The predicted molar refractivity (Wildman–Crippen MR) is 203 cm³/mol. The lowest BCUT2D eigenvalue weighted by atomic mass is 10.2. The highest BCUT2D eigenvalue weighted by molar-refractivity contribution is 5.76. The van der Waals surface area contributed by atoms with E-state index in [9.17, 15) is 28.8 Å². The van der Waals surface area contributed by atoms with Crippen LogP contribution < -0.4 is 16.0 Å². The van der Waals surface area contributed by atoms with Gasteiger partial charge in [0, 0.05) is 80.0 Å². The Morgan fingerprint density at radius 2 is 0.812 bits per heavy atom. The van der Waals surface area contributed by atoms with E-state index in [4.69, 9.17) is 9.47 Å². The van der Waals surface area contributed by atoms with Gasteiger partial charge in [-0.1, -0.05) is 68.7 Å². The quantitative estimate of drug-likeness (QED) is 0.133. The Morgan fingerprint density at radius 3 is 1.04 bits per heavy atom. The van der Waals surface area contributed by atoms with E-state index < -0.39 is 0 Å². The van der Waals surface area contributed by atoms with E-state index in [1.165, 1.54) is 20.8 Å². The van der Waals surface area contributed by atoms with E-state index in [-0.39, 0.29) is 29.3 Å². The summed E-state index contributed by atoms with van der Waals surface area (Å²) in [6.07, 6.45) is 8.23. The van der Waals surface area contributed by atoms with Crippen LogP contribution in [-0.4, -0.2) is 81.6 Å². The molecule has 0 aliphatic carbocycles. The SMILES string of the molecule is CC.CC.CCC(C)=O.CCCCC(C)=O.CCCNC(C)=O.CCCOCCCC(C)=O.CCCOCCNC(C)=O.CNC(C)=O. The summed E-state index contributed by atoms with van der Waals surface area (Å²) >= 11 is 0. The molecule has 0 fully saturated rings. The number of hydrogen-bond acceptors (Lipinski definition) is 8. The normalized spacial score (nSPS) is 8.25. The molecule has 11 heteroatoms. The van der Waals surface area contributed by atoms with Gasteiger partial charge in [0.25, 0.3) is 0 Å². The Labute approximate surface area is 297 Å². The van der Waals surface area contributed by atoms with Gasteiger partial charge in [-0.25, -0.2) is 0 Å². The van der Waals surface area contributed by atoms with Crippen molar-refractivity contribution in [1.29, 1.82) is 0 Å². The summed E-state index contributed by atoms with van der Waals surface area (Å²) in [7, 11) is 1.60. The molecule has 0 spiro atoms. The third-order valence-electron chi connectivity index (χ3n) is 4.49. The molecule has 48 heavy (non-hydrogen) atoms. The molecule has 0 rings (SSSR count). The number of Topliss-reactive ketones (excluding diaryl/α,β-unsaturated/α-hetero) is 3. The lowest BCUT2D eigenvalue weighted by molar-refractivity contribution is -0.119. The number of rotatable bonds is 17. The lowest BCUT2D eigenvalue weighted by Gasteiger charge is -2.01. The van der Waals surface area contributed by atoms with Crippen molar-refractivity contribution in [3.63, 3.8) is 0 Å². The van der Waals surface area contributed by atoms with Crippen LogP contribution >= 0.6 is 0 Å². The summed E-state index contributed by atoms with van der Waals surface area (Å²) < 4.78 is 10.3. The maximum atomic E-state index is 10.4. The number of ether oxygens (including phenoxy) is 2.